The molecule has 2 heteroatoms. The molecule has 1 aliphatic heterocycles. The van der Waals surface area contributed by atoms with E-state index in [9.17, 15) is 5.26 Å². The van der Waals surface area contributed by atoms with Crippen LogP contribution in [0.25, 0.3) is 0 Å². The van der Waals surface area contributed by atoms with E-state index in [1.807, 2.05) is 0 Å². The molecule has 1 saturated heterocycles. The molecule has 2 aliphatic rings. The number of hydrogen-bond acceptors (Lipinski definition) is 2. The van der Waals surface area contributed by atoms with Crippen LogP contribution in [0.1, 0.15) is 52.9 Å². The topological polar surface area (TPSA) is 27.0 Å². The van der Waals surface area contributed by atoms with E-state index in [-0.39, 0.29) is 5.92 Å². The standard InChI is InChI=1S/C15H26N2/c1-11-6-7-14(10-16)15(9-11)17-8-4-5-12(2)13(17)3/h11-15H,4-9H2,1-3H3. The van der Waals surface area contributed by atoms with Gasteiger partial charge in [0, 0.05) is 12.1 Å². The van der Waals surface area contributed by atoms with Gasteiger partial charge >= 0.3 is 0 Å². The average Bonchev–Trinajstić information content (AvgIpc) is 2.33. The molecule has 1 heterocycles. The Morgan fingerprint density at radius 1 is 1.12 bits per heavy atom. The Morgan fingerprint density at radius 2 is 1.88 bits per heavy atom. The lowest BCUT2D eigenvalue weighted by molar-refractivity contribution is 0.0238. The van der Waals surface area contributed by atoms with Crippen LogP contribution in [0.15, 0.2) is 0 Å². The van der Waals surface area contributed by atoms with Crippen molar-refractivity contribution in [3.63, 3.8) is 0 Å². The summed E-state index contributed by atoms with van der Waals surface area (Å²) in [5, 5.41) is 9.35. The monoisotopic (exact) mass is 234 g/mol. The minimum Gasteiger partial charge on any atom is -0.296 e. The van der Waals surface area contributed by atoms with E-state index >= 15 is 0 Å². The molecule has 0 amide bonds. The van der Waals surface area contributed by atoms with Gasteiger partial charge in [0.15, 0.2) is 0 Å². The first-order valence-corrected chi connectivity index (χ1v) is 7.28. The van der Waals surface area contributed by atoms with Gasteiger partial charge in [0.1, 0.15) is 0 Å². The normalized spacial score (nSPS) is 44.2. The predicted molar refractivity (Wildman–Crippen MR) is 70.5 cm³/mol. The lowest BCUT2D eigenvalue weighted by atomic mass is 9.77. The third-order valence-corrected chi connectivity index (χ3v) is 5.09. The highest BCUT2D eigenvalue weighted by Crippen LogP contribution is 2.36. The molecule has 0 radical (unpaired) electrons. The zero-order chi connectivity index (χ0) is 12.4. The zero-order valence-corrected chi connectivity index (χ0v) is 11.5. The van der Waals surface area contributed by atoms with E-state index in [1.165, 1.54) is 32.2 Å². The van der Waals surface area contributed by atoms with Crippen LogP contribution in [-0.2, 0) is 0 Å². The Balaban J connectivity index is 2.10. The van der Waals surface area contributed by atoms with Gasteiger partial charge in [0.25, 0.3) is 0 Å². The van der Waals surface area contributed by atoms with Crippen LogP contribution >= 0.6 is 0 Å². The van der Waals surface area contributed by atoms with Crippen molar-refractivity contribution in [1.82, 2.24) is 4.90 Å². The second-order valence-corrected chi connectivity index (χ2v) is 6.32. The maximum absolute atomic E-state index is 9.35. The first-order chi connectivity index (χ1) is 8.13. The molecular formula is C15H26N2. The lowest BCUT2D eigenvalue weighted by Crippen LogP contribution is -2.52. The fourth-order valence-electron chi connectivity index (χ4n) is 3.70. The summed E-state index contributed by atoms with van der Waals surface area (Å²) in [6.07, 6.45) is 6.26. The Hall–Kier alpha value is -0.550. The number of likely N-dealkylation sites (tertiary alicyclic amines) is 1. The lowest BCUT2D eigenvalue weighted by Gasteiger charge is -2.47. The van der Waals surface area contributed by atoms with Crippen molar-refractivity contribution >= 4 is 0 Å². The largest absolute Gasteiger partial charge is 0.296 e. The van der Waals surface area contributed by atoms with Crippen molar-refractivity contribution in [2.45, 2.75) is 65.0 Å². The van der Waals surface area contributed by atoms with Crippen LogP contribution in [0.5, 0.6) is 0 Å². The first-order valence-electron chi connectivity index (χ1n) is 7.28. The van der Waals surface area contributed by atoms with E-state index in [0.717, 1.165) is 18.3 Å². The summed E-state index contributed by atoms with van der Waals surface area (Å²) in [4.78, 5) is 2.65. The van der Waals surface area contributed by atoms with Gasteiger partial charge in [-0.2, -0.15) is 5.26 Å². The van der Waals surface area contributed by atoms with Gasteiger partial charge in [-0.15, -0.1) is 0 Å². The summed E-state index contributed by atoms with van der Waals surface area (Å²) in [6.45, 7) is 8.28. The molecule has 0 aromatic carbocycles. The maximum atomic E-state index is 9.35. The molecule has 0 bridgehead atoms. The Labute approximate surface area is 106 Å². The zero-order valence-electron chi connectivity index (χ0n) is 11.5. The Kier molecular flexibility index (Phi) is 4.09. The molecule has 0 N–H and O–H groups in total. The molecule has 96 valence electrons. The van der Waals surface area contributed by atoms with Crippen LogP contribution in [0, 0.1) is 29.1 Å². The van der Waals surface area contributed by atoms with E-state index in [0.29, 0.717) is 12.1 Å². The summed E-state index contributed by atoms with van der Waals surface area (Å²) >= 11 is 0. The van der Waals surface area contributed by atoms with Crippen LogP contribution < -0.4 is 0 Å². The fourth-order valence-corrected chi connectivity index (χ4v) is 3.70. The van der Waals surface area contributed by atoms with Gasteiger partial charge in [-0.25, -0.2) is 0 Å². The van der Waals surface area contributed by atoms with Crippen molar-refractivity contribution in [2.24, 2.45) is 17.8 Å². The van der Waals surface area contributed by atoms with Crippen molar-refractivity contribution in [2.75, 3.05) is 6.54 Å². The predicted octanol–water partition coefficient (Wildman–Crippen LogP) is 3.44. The quantitative estimate of drug-likeness (QED) is 0.695. The van der Waals surface area contributed by atoms with Crippen molar-refractivity contribution < 1.29 is 0 Å². The van der Waals surface area contributed by atoms with Gasteiger partial charge < -0.3 is 0 Å². The minimum atomic E-state index is 0.277. The number of nitriles is 1. The molecule has 0 aromatic rings. The number of nitrogens with zero attached hydrogens (tertiary/aromatic N) is 2. The number of hydrogen-bond donors (Lipinski definition) is 0. The van der Waals surface area contributed by atoms with Crippen molar-refractivity contribution in [3.05, 3.63) is 0 Å². The SMILES string of the molecule is CC1CCC(C#N)C(N2CCCC(C)C2C)C1. The molecule has 0 aromatic heterocycles. The molecule has 2 fully saturated rings. The number of rotatable bonds is 1. The highest BCUT2D eigenvalue weighted by Gasteiger charge is 2.37. The maximum Gasteiger partial charge on any atom is 0.0672 e. The summed E-state index contributed by atoms with van der Waals surface area (Å²) in [7, 11) is 0. The van der Waals surface area contributed by atoms with E-state index in [1.54, 1.807) is 0 Å². The molecule has 0 spiro atoms. The third kappa shape index (κ3) is 2.65. The van der Waals surface area contributed by atoms with Crippen molar-refractivity contribution in [3.8, 4) is 6.07 Å². The fraction of sp³-hybridized carbons (Fsp3) is 0.933. The Morgan fingerprint density at radius 3 is 2.59 bits per heavy atom. The highest BCUT2D eigenvalue weighted by molar-refractivity contribution is 4.99. The van der Waals surface area contributed by atoms with Crippen LogP contribution in [0.3, 0.4) is 0 Å². The summed E-state index contributed by atoms with van der Waals surface area (Å²) in [5.41, 5.74) is 0. The molecule has 2 nitrogen and oxygen atoms in total. The molecule has 5 atom stereocenters. The second kappa shape index (κ2) is 5.40. The molecule has 1 saturated carbocycles. The molecular weight excluding hydrogens is 208 g/mol. The van der Waals surface area contributed by atoms with Gasteiger partial charge in [0.2, 0.25) is 0 Å². The van der Waals surface area contributed by atoms with E-state index < -0.39 is 0 Å². The summed E-state index contributed by atoms with van der Waals surface area (Å²) in [5.74, 6) is 1.87. The van der Waals surface area contributed by atoms with Gasteiger partial charge in [-0.1, -0.05) is 13.8 Å². The van der Waals surface area contributed by atoms with Crippen LogP contribution in [-0.4, -0.2) is 23.5 Å². The second-order valence-electron chi connectivity index (χ2n) is 6.32. The van der Waals surface area contributed by atoms with Gasteiger partial charge in [-0.3, -0.25) is 4.90 Å². The van der Waals surface area contributed by atoms with Gasteiger partial charge in [0.05, 0.1) is 12.0 Å². The first kappa shape index (κ1) is 12.9. The average molecular weight is 234 g/mol. The number of piperidine rings is 1. The summed E-state index contributed by atoms with van der Waals surface area (Å²) in [6, 6.07) is 3.76. The van der Waals surface area contributed by atoms with Gasteiger partial charge in [-0.05, 0) is 57.4 Å². The smallest absolute Gasteiger partial charge is 0.0672 e. The molecule has 2 rings (SSSR count). The molecule has 17 heavy (non-hydrogen) atoms. The van der Waals surface area contributed by atoms with Crippen molar-refractivity contribution in [1.29, 1.82) is 5.26 Å². The Bertz CT molecular complexity index is 294. The van der Waals surface area contributed by atoms with E-state index in [4.69, 9.17) is 0 Å². The minimum absolute atomic E-state index is 0.277. The molecule has 1 aliphatic carbocycles. The van der Waals surface area contributed by atoms with Crippen LogP contribution in [0.4, 0.5) is 0 Å². The van der Waals surface area contributed by atoms with Crippen LogP contribution in [0.2, 0.25) is 0 Å². The van der Waals surface area contributed by atoms with E-state index in [2.05, 4.69) is 31.7 Å². The highest BCUT2D eigenvalue weighted by atomic mass is 15.2. The summed E-state index contributed by atoms with van der Waals surface area (Å²) < 4.78 is 0. The third-order valence-electron chi connectivity index (χ3n) is 5.09. The molecule has 5 unspecified atom stereocenters.